The SMILES string of the molecule is N/C(c1cccc2c1sc1ccccc12)=c1/cccc/c1=C(/N)n1c2ccccc2c2cc3ccccc3cc21. The largest absolute Gasteiger partial charge is 0.398 e. The lowest BCUT2D eigenvalue weighted by atomic mass is 10.0. The number of thiophene rings is 1. The van der Waals surface area contributed by atoms with Crippen LogP contribution in [0.2, 0.25) is 0 Å². The Kier molecular flexibility index (Phi) is 5.00. The van der Waals surface area contributed by atoms with E-state index in [1.165, 1.54) is 41.7 Å². The Morgan fingerprint density at radius 1 is 0.525 bits per heavy atom. The third-order valence-corrected chi connectivity index (χ3v) is 9.19. The van der Waals surface area contributed by atoms with Gasteiger partial charge in [-0.15, -0.1) is 11.3 Å². The van der Waals surface area contributed by atoms with Crippen molar-refractivity contribution in [2.75, 3.05) is 0 Å². The Labute approximate surface area is 234 Å². The highest BCUT2D eigenvalue weighted by molar-refractivity contribution is 7.26. The van der Waals surface area contributed by atoms with Crippen molar-refractivity contribution in [2.45, 2.75) is 0 Å². The third-order valence-electron chi connectivity index (χ3n) is 7.97. The van der Waals surface area contributed by atoms with E-state index in [1.807, 2.05) is 12.1 Å². The number of benzene rings is 6. The maximum atomic E-state index is 7.14. The van der Waals surface area contributed by atoms with Gasteiger partial charge in [0.25, 0.3) is 0 Å². The number of nitrogens with two attached hydrogens (primary N) is 2. The molecule has 0 aliphatic heterocycles. The van der Waals surface area contributed by atoms with E-state index in [1.54, 1.807) is 11.3 Å². The van der Waals surface area contributed by atoms with Crippen LogP contribution in [0.3, 0.4) is 0 Å². The minimum atomic E-state index is 0.656. The van der Waals surface area contributed by atoms with Gasteiger partial charge in [0.15, 0.2) is 0 Å². The highest BCUT2D eigenvalue weighted by atomic mass is 32.1. The fourth-order valence-electron chi connectivity index (χ4n) is 6.08. The molecule has 0 atom stereocenters. The molecule has 0 radical (unpaired) electrons. The van der Waals surface area contributed by atoms with Gasteiger partial charge in [-0.1, -0.05) is 103 Å². The van der Waals surface area contributed by atoms with Crippen LogP contribution in [0.15, 0.2) is 127 Å². The second-order valence-corrected chi connectivity index (χ2v) is 11.2. The molecule has 40 heavy (non-hydrogen) atoms. The number of hydrogen-bond acceptors (Lipinski definition) is 3. The van der Waals surface area contributed by atoms with E-state index in [0.29, 0.717) is 5.82 Å². The molecule has 2 heterocycles. The molecular weight excluding hydrogens is 506 g/mol. The molecule has 0 unspecified atom stereocenters. The molecule has 2 aromatic heterocycles. The number of aromatic nitrogens is 1. The van der Waals surface area contributed by atoms with Crippen LogP contribution in [0.25, 0.3) is 64.3 Å². The number of rotatable bonds is 2. The van der Waals surface area contributed by atoms with Gasteiger partial charge in [-0.2, -0.15) is 0 Å². The summed E-state index contributed by atoms with van der Waals surface area (Å²) in [6.07, 6.45) is 0. The van der Waals surface area contributed by atoms with E-state index in [9.17, 15) is 0 Å². The predicted molar refractivity (Wildman–Crippen MR) is 172 cm³/mol. The molecule has 4 N–H and O–H groups in total. The summed E-state index contributed by atoms with van der Waals surface area (Å²) in [5, 5.41) is 9.08. The first-order chi connectivity index (χ1) is 19.7. The van der Waals surface area contributed by atoms with Gasteiger partial charge in [-0.25, -0.2) is 0 Å². The Balaban J connectivity index is 1.49. The molecular formula is C36H25N3S. The molecule has 6 aromatic carbocycles. The zero-order chi connectivity index (χ0) is 26.8. The number of hydrogen-bond donors (Lipinski definition) is 2. The second kappa shape index (κ2) is 8.73. The normalized spacial score (nSPS) is 13.5. The molecule has 8 rings (SSSR count). The van der Waals surface area contributed by atoms with Gasteiger partial charge in [0.2, 0.25) is 0 Å². The summed E-state index contributed by atoms with van der Waals surface area (Å²) in [4.78, 5) is 0. The fourth-order valence-corrected chi connectivity index (χ4v) is 7.31. The predicted octanol–water partition coefficient (Wildman–Crippen LogP) is 7.00. The highest BCUT2D eigenvalue weighted by Crippen LogP contribution is 2.37. The van der Waals surface area contributed by atoms with Crippen molar-refractivity contribution in [3.05, 3.63) is 143 Å². The standard InChI is InChI=1S/C36H25N3S/c37-34(29-17-9-16-27-25-13-6-8-19-33(25)40-35(27)29)26-14-3-4-15-28(26)36(38)39-31-18-7-5-12-24(31)30-20-22-10-1-2-11-23(22)21-32(30)39/h1-21H,37-38H2/b34-26-,36-28+. The monoisotopic (exact) mass is 531 g/mol. The zero-order valence-electron chi connectivity index (χ0n) is 21.6. The van der Waals surface area contributed by atoms with Gasteiger partial charge >= 0.3 is 0 Å². The number of para-hydroxylation sites is 1. The molecule has 0 saturated carbocycles. The van der Waals surface area contributed by atoms with E-state index < -0.39 is 0 Å². The molecule has 3 nitrogen and oxygen atoms in total. The van der Waals surface area contributed by atoms with E-state index >= 15 is 0 Å². The van der Waals surface area contributed by atoms with Gasteiger partial charge in [-0.05, 0) is 35.0 Å². The molecule has 0 bridgehead atoms. The van der Waals surface area contributed by atoms with Crippen LogP contribution in [0, 0.1) is 0 Å². The molecule has 8 aromatic rings. The first-order valence-corrected chi connectivity index (χ1v) is 14.2. The van der Waals surface area contributed by atoms with Gasteiger partial charge in [-0.3, -0.25) is 4.57 Å². The Hall–Kier alpha value is -5.06. The number of fused-ring (bicyclic) bond motifs is 7. The molecule has 0 aliphatic rings. The van der Waals surface area contributed by atoms with E-state index in [4.69, 9.17) is 11.5 Å². The van der Waals surface area contributed by atoms with Crippen LogP contribution in [-0.4, -0.2) is 4.57 Å². The minimum Gasteiger partial charge on any atom is -0.398 e. The summed E-state index contributed by atoms with van der Waals surface area (Å²) in [6, 6.07) is 44.6. The third kappa shape index (κ3) is 3.30. The molecule has 4 heteroatoms. The summed E-state index contributed by atoms with van der Waals surface area (Å²) in [5.41, 5.74) is 18.1. The van der Waals surface area contributed by atoms with Crippen LogP contribution >= 0.6 is 11.3 Å². The zero-order valence-corrected chi connectivity index (χ0v) is 22.5. The van der Waals surface area contributed by atoms with Crippen LogP contribution in [-0.2, 0) is 0 Å². The van der Waals surface area contributed by atoms with Crippen LogP contribution in [0.1, 0.15) is 5.56 Å². The summed E-state index contributed by atoms with van der Waals surface area (Å²) < 4.78 is 4.64. The first kappa shape index (κ1) is 22.9. The van der Waals surface area contributed by atoms with Crippen molar-refractivity contribution in [1.82, 2.24) is 4.57 Å². The van der Waals surface area contributed by atoms with E-state index in [2.05, 4.69) is 120 Å². The second-order valence-electron chi connectivity index (χ2n) is 10.2. The lowest BCUT2D eigenvalue weighted by Crippen LogP contribution is -2.35. The van der Waals surface area contributed by atoms with Crippen LogP contribution in [0.5, 0.6) is 0 Å². The average molecular weight is 532 g/mol. The van der Waals surface area contributed by atoms with Crippen molar-refractivity contribution in [2.24, 2.45) is 11.5 Å². The molecule has 0 amide bonds. The van der Waals surface area contributed by atoms with Crippen molar-refractivity contribution in [3.63, 3.8) is 0 Å². The Morgan fingerprint density at radius 3 is 2.02 bits per heavy atom. The molecule has 0 saturated heterocycles. The molecule has 190 valence electrons. The van der Waals surface area contributed by atoms with Gasteiger partial charge < -0.3 is 11.5 Å². The highest BCUT2D eigenvalue weighted by Gasteiger charge is 2.15. The summed E-state index contributed by atoms with van der Waals surface area (Å²) in [7, 11) is 0. The van der Waals surface area contributed by atoms with Gasteiger partial charge in [0.1, 0.15) is 5.82 Å². The average Bonchev–Trinajstić information content (AvgIpc) is 3.55. The van der Waals surface area contributed by atoms with E-state index in [0.717, 1.165) is 32.7 Å². The Morgan fingerprint density at radius 2 is 1.18 bits per heavy atom. The quantitative estimate of drug-likeness (QED) is 0.252. The summed E-state index contributed by atoms with van der Waals surface area (Å²) in [5.74, 6) is 0.656. The van der Waals surface area contributed by atoms with Gasteiger partial charge in [0.05, 0.1) is 11.0 Å². The maximum Gasteiger partial charge on any atom is 0.116 e. The summed E-state index contributed by atoms with van der Waals surface area (Å²) >= 11 is 1.78. The maximum absolute atomic E-state index is 7.14. The lowest BCUT2D eigenvalue weighted by molar-refractivity contribution is 1.15. The Bertz CT molecular complexity index is 2410. The molecule has 0 aliphatic carbocycles. The van der Waals surface area contributed by atoms with Crippen LogP contribution in [0.4, 0.5) is 0 Å². The van der Waals surface area contributed by atoms with Crippen molar-refractivity contribution < 1.29 is 0 Å². The van der Waals surface area contributed by atoms with Crippen molar-refractivity contribution in [1.29, 1.82) is 0 Å². The lowest BCUT2D eigenvalue weighted by Gasteiger charge is -2.10. The van der Waals surface area contributed by atoms with Crippen molar-refractivity contribution >= 4 is 75.6 Å². The van der Waals surface area contributed by atoms with Gasteiger partial charge in [0, 0.05) is 52.6 Å². The molecule has 0 fully saturated rings. The topological polar surface area (TPSA) is 57.0 Å². The molecule has 0 spiro atoms. The fraction of sp³-hybridized carbons (Fsp3) is 0. The minimum absolute atomic E-state index is 0.656. The number of nitrogens with zero attached hydrogens (tertiary/aromatic N) is 1. The summed E-state index contributed by atoms with van der Waals surface area (Å²) in [6.45, 7) is 0. The smallest absolute Gasteiger partial charge is 0.116 e. The van der Waals surface area contributed by atoms with Crippen molar-refractivity contribution in [3.8, 4) is 0 Å². The van der Waals surface area contributed by atoms with Crippen LogP contribution < -0.4 is 21.9 Å². The first-order valence-electron chi connectivity index (χ1n) is 13.4. The van der Waals surface area contributed by atoms with E-state index in [-0.39, 0.29) is 0 Å².